The van der Waals surface area contributed by atoms with Gasteiger partial charge < -0.3 is 19.7 Å². The number of ether oxygens (including phenoxy) is 1. The van der Waals surface area contributed by atoms with Gasteiger partial charge in [-0.05, 0) is 29.8 Å². The number of carbonyl (C=O) groups is 1. The molecule has 22 heavy (non-hydrogen) atoms. The van der Waals surface area contributed by atoms with Crippen LogP contribution in [0, 0.1) is 0 Å². The quantitative estimate of drug-likeness (QED) is 0.820. The van der Waals surface area contributed by atoms with Gasteiger partial charge in [0.1, 0.15) is 17.9 Å². The van der Waals surface area contributed by atoms with Gasteiger partial charge in [-0.2, -0.15) is 0 Å². The Hall–Kier alpha value is -2.60. The topological polar surface area (TPSA) is 80.6 Å². The summed E-state index contributed by atoms with van der Waals surface area (Å²) < 4.78 is 6.81. The van der Waals surface area contributed by atoms with Gasteiger partial charge in [-0.25, -0.2) is 0 Å². The molecule has 0 fully saturated rings. The summed E-state index contributed by atoms with van der Waals surface area (Å²) in [5, 5.41) is 11.2. The summed E-state index contributed by atoms with van der Waals surface area (Å²) in [5.74, 6) is 0.224. The number of hydrogen-bond acceptors (Lipinski definition) is 4. The first-order valence-electron chi connectivity index (χ1n) is 6.90. The molecule has 2 rings (SSSR count). The van der Waals surface area contributed by atoms with E-state index in [1.54, 1.807) is 24.4 Å². The molecule has 1 heterocycles. The van der Waals surface area contributed by atoms with E-state index in [1.165, 1.54) is 17.7 Å². The standard InChI is InChI=1S/C16H18N2O4/c1-17-15(20)14-6-3-7-18(16(14)21)11-12-4-2-5-13(10-12)22-9-8-19/h2-7,10,19H,8-9,11H2,1H3,(H,17,20). The lowest BCUT2D eigenvalue weighted by atomic mass is 10.2. The molecule has 1 aromatic heterocycles. The van der Waals surface area contributed by atoms with E-state index in [2.05, 4.69) is 5.32 Å². The summed E-state index contributed by atoms with van der Waals surface area (Å²) in [4.78, 5) is 23.9. The Bertz CT molecular complexity index is 709. The lowest BCUT2D eigenvalue weighted by Gasteiger charge is -2.10. The molecule has 0 spiro atoms. The maximum Gasteiger partial charge on any atom is 0.263 e. The first kappa shape index (κ1) is 15.8. The second kappa shape index (κ2) is 7.42. The number of benzene rings is 1. The Balaban J connectivity index is 2.24. The van der Waals surface area contributed by atoms with E-state index in [0.29, 0.717) is 12.3 Å². The molecule has 0 bridgehead atoms. The highest BCUT2D eigenvalue weighted by Gasteiger charge is 2.10. The smallest absolute Gasteiger partial charge is 0.263 e. The van der Waals surface area contributed by atoms with Crippen molar-refractivity contribution in [2.24, 2.45) is 0 Å². The highest BCUT2D eigenvalue weighted by atomic mass is 16.5. The van der Waals surface area contributed by atoms with Crippen molar-refractivity contribution in [3.05, 3.63) is 64.1 Å². The first-order valence-corrected chi connectivity index (χ1v) is 6.90. The van der Waals surface area contributed by atoms with Crippen LogP contribution in [-0.2, 0) is 6.54 Å². The van der Waals surface area contributed by atoms with E-state index in [4.69, 9.17) is 9.84 Å². The number of nitrogens with one attached hydrogen (secondary N) is 1. The van der Waals surface area contributed by atoms with Crippen LogP contribution in [0.2, 0.25) is 0 Å². The lowest BCUT2D eigenvalue weighted by Crippen LogP contribution is -2.31. The molecule has 2 aromatic rings. The Kier molecular flexibility index (Phi) is 5.32. The fourth-order valence-electron chi connectivity index (χ4n) is 2.06. The van der Waals surface area contributed by atoms with Gasteiger partial charge in [0.25, 0.3) is 11.5 Å². The number of hydrogen-bond donors (Lipinski definition) is 2. The van der Waals surface area contributed by atoms with Gasteiger partial charge in [-0.15, -0.1) is 0 Å². The second-order valence-corrected chi connectivity index (χ2v) is 4.65. The number of aliphatic hydroxyl groups excluding tert-OH is 1. The van der Waals surface area contributed by atoms with Crippen LogP contribution < -0.4 is 15.6 Å². The Morgan fingerprint density at radius 3 is 2.86 bits per heavy atom. The molecule has 0 saturated carbocycles. The molecule has 1 aromatic carbocycles. The summed E-state index contributed by atoms with van der Waals surface area (Å²) in [6.45, 7) is 0.493. The van der Waals surface area contributed by atoms with Gasteiger partial charge in [0.2, 0.25) is 0 Å². The van der Waals surface area contributed by atoms with Crippen molar-refractivity contribution in [2.45, 2.75) is 6.54 Å². The fourth-order valence-corrected chi connectivity index (χ4v) is 2.06. The van der Waals surface area contributed by atoms with Crippen LogP contribution in [0.1, 0.15) is 15.9 Å². The average Bonchev–Trinajstić information content (AvgIpc) is 2.54. The first-order chi connectivity index (χ1) is 10.7. The number of aliphatic hydroxyl groups is 1. The number of carbonyl (C=O) groups excluding carboxylic acids is 1. The molecule has 0 atom stereocenters. The van der Waals surface area contributed by atoms with E-state index in [0.717, 1.165) is 5.56 Å². The zero-order valence-electron chi connectivity index (χ0n) is 12.3. The summed E-state index contributed by atoms with van der Waals surface area (Å²) in [6, 6.07) is 10.4. The van der Waals surface area contributed by atoms with Crippen LogP contribution in [0.15, 0.2) is 47.4 Å². The molecule has 0 unspecified atom stereocenters. The maximum atomic E-state index is 12.3. The van der Waals surface area contributed by atoms with Crippen LogP contribution in [0.5, 0.6) is 5.75 Å². The van der Waals surface area contributed by atoms with Crippen molar-refractivity contribution in [3.8, 4) is 5.75 Å². The summed E-state index contributed by atoms with van der Waals surface area (Å²) in [5.41, 5.74) is 0.632. The minimum absolute atomic E-state index is 0.0577. The van der Waals surface area contributed by atoms with E-state index < -0.39 is 5.91 Å². The van der Waals surface area contributed by atoms with Gasteiger partial charge in [0.05, 0.1) is 13.2 Å². The van der Waals surface area contributed by atoms with Gasteiger partial charge in [-0.1, -0.05) is 12.1 Å². The molecular weight excluding hydrogens is 284 g/mol. The molecule has 2 N–H and O–H groups in total. The highest BCUT2D eigenvalue weighted by Crippen LogP contribution is 2.14. The molecule has 0 radical (unpaired) electrons. The lowest BCUT2D eigenvalue weighted by molar-refractivity contribution is 0.0961. The highest BCUT2D eigenvalue weighted by molar-refractivity contribution is 5.93. The molecule has 0 aliphatic heterocycles. The molecule has 6 heteroatoms. The minimum Gasteiger partial charge on any atom is -0.491 e. The Labute approximate surface area is 128 Å². The molecule has 116 valence electrons. The van der Waals surface area contributed by atoms with Crippen LogP contribution in [-0.4, -0.2) is 35.8 Å². The van der Waals surface area contributed by atoms with Crippen molar-refractivity contribution in [1.29, 1.82) is 0 Å². The van der Waals surface area contributed by atoms with Crippen LogP contribution in [0.25, 0.3) is 0 Å². The minimum atomic E-state index is -0.403. The van der Waals surface area contributed by atoms with Gasteiger partial charge in [0.15, 0.2) is 0 Å². The number of amides is 1. The van der Waals surface area contributed by atoms with Gasteiger partial charge >= 0.3 is 0 Å². The summed E-state index contributed by atoms with van der Waals surface area (Å²) >= 11 is 0. The SMILES string of the molecule is CNC(=O)c1cccn(Cc2cccc(OCCO)c2)c1=O. The van der Waals surface area contributed by atoms with Crippen molar-refractivity contribution < 1.29 is 14.6 Å². The monoisotopic (exact) mass is 302 g/mol. The van der Waals surface area contributed by atoms with Gasteiger partial charge in [0, 0.05) is 13.2 Å². The van der Waals surface area contributed by atoms with Crippen molar-refractivity contribution in [1.82, 2.24) is 9.88 Å². The average molecular weight is 302 g/mol. The zero-order valence-corrected chi connectivity index (χ0v) is 12.3. The third-order valence-corrected chi connectivity index (χ3v) is 3.10. The number of nitrogens with zero attached hydrogens (tertiary/aromatic N) is 1. The summed E-state index contributed by atoms with van der Waals surface area (Å²) in [6.07, 6.45) is 1.63. The molecule has 0 saturated heterocycles. The number of aromatic nitrogens is 1. The fraction of sp³-hybridized carbons (Fsp3) is 0.250. The second-order valence-electron chi connectivity index (χ2n) is 4.65. The van der Waals surface area contributed by atoms with Crippen molar-refractivity contribution in [2.75, 3.05) is 20.3 Å². The zero-order chi connectivity index (χ0) is 15.9. The predicted octanol–water partition coefficient (Wildman–Crippen LogP) is 0.627. The van der Waals surface area contributed by atoms with Crippen LogP contribution in [0.3, 0.4) is 0 Å². The van der Waals surface area contributed by atoms with E-state index in [-0.39, 0.29) is 24.3 Å². The molecule has 0 aliphatic carbocycles. The maximum absolute atomic E-state index is 12.3. The molecule has 1 amide bonds. The van der Waals surface area contributed by atoms with E-state index in [9.17, 15) is 9.59 Å². The van der Waals surface area contributed by atoms with Crippen LogP contribution >= 0.6 is 0 Å². The molecular formula is C16H18N2O4. The third kappa shape index (κ3) is 3.73. The normalized spacial score (nSPS) is 10.3. The van der Waals surface area contributed by atoms with E-state index in [1.807, 2.05) is 12.1 Å². The van der Waals surface area contributed by atoms with E-state index >= 15 is 0 Å². The Morgan fingerprint density at radius 2 is 2.14 bits per heavy atom. The predicted molar refractivity (Wildman–Crippen MR) is 82.2 cm³/mol. The molecule has 0 aliphatic rings. The van der Waals surface area contributed by atoms with Crippen LogP contribution in [0.4, 0.5) is 0 Å². The van der Waals surface area contributed by atoms with Gasteiger partial charge in [-0.3, -0.25) is 9.59 Å². The largest absolute Gasteiger partial charge is 0.491 e. The number of rotatable bonds is 6. The van der Waals surface area contributed by atoms with Crippen molar-refractivity contribution >= 4 is 5.91 Å². The number of pyridine rings is 1. The molecule has 6 nitrogen and oxygen atoms in total. The summed E-state index contributed by atoms with van der Waals surface area (Å²) in [7, 11) is 1.49. The Morgan fingerprint density at radius 1 is 1.32 bits per heavy atom. The van der Waals surface area contributed by atoms with Crippen molar-refractivity contribution in [3.63, 3.8) is 0 Å². The third-order valence-electron chi connectivity index (χ3n) is 3.10.